The van der Waals surface area contributed by atoms with Crippen molar-refractivity contribution in [3.05, 3.63) is 52.8 Å². The van der Waals surface area contributed by atoms with Gasteiger partial charge in [-0.3, -0.25) is 14.4 Å². The highest BCUT2D eigenvalue weighted by Crippen LogP contribution is 2.29. The van der Waals surface area contributed by atoms with E-state index in [1.165, 1.54) is 0 Å². The van der Waals surface area contributed by atoms with Crippen molar-refractivity contribution in [3.63, 3.8) is 0 Å². The Morgan fingerprint density at radius 1 is 1.29 bits per heavy atom. The largest absolute Gasteiger partial charge is 0.353 e. The molecule has 1 aliphatic heterocycles. The number of nitrogens with one attached hydrogen (secondary N) is 1. The van der Waals surface area contributed by atoms with Gasteiger partial charge in [0.2, 0.25) is 5.91 Å². The minimum atomic E-state index is -0.245. The highest BCUT2D eigenvalue weighted by molar-refractivity contribution is 9.10. The van der Waals surface area contributed by atoms with Crippen LogP contribution in [-0.4, -0.2) is 40.2 Å². The van der Waals surface area contributed by atoms with Gasteiger partial charge in [-0.05, 0) is 17.7 Å². The third-order valence-electron chi connectivity index (χ3n) is 3.69. The van der Waals surface area contributed by atoms with Crippen LogP contribution in [0.25, 0.3) is 0 Å². The van der Waals surface area contributed by atoms with Crippen molar-refractivity contribution in [1.29, 1.82) is 0 Å². The number of carbonyl (C=O) groups excluding carboxylic acids is 1. The molecule has 0 saturated carbocycles. The molecule has 1 aromatic carbocycles. The molecule has 110 valence electrons. The molecule has 1 atom stereocenters. The van der Waals surface area contributed by atoms with E-state index in [0.29, 0.717) is 6.54 Å². The quantitative estimate of drug-likeness (QED) is 0.916. The molecule has 0 unspecified atom stereocenters. The maximum absolute atomic E-state index is 12.3. The van der Waals surface area contributed by atoms with Crippen molar-refractivity contribution in [2.24, 2.45) is 0 Å². The Kier molecular flexibility index (Phi) is 4.36. The molecule has 0 spiro atoms. The molecule has 0 radical (unpaired) electrons. The fourth-order valence-electron chi connectivity index (χ4n) is 2.65. The summed E-state index contributed by atoms with van der Waals surface area (Å²) in [5.74, 6) is 0.0635. The standard InChI is InChI=1S/C15H17BrN4O/c16-13-5-2-1-4-12(13)14-15(21)17-7-9-19(14)10-11-20-8-3-6-18-20/h1-6,8,14H,7,9-11H2,(H,17,21)/t14-/m1/s1. The maximum atomic E-state index is 12.3. The van der Waals surface area contributed by atoms with Crippen molar-refractivity contribution >= 4 is 21.8 Å². The fraction of sp³-hybridized carbons (Fsp3) is 0.333. The van der Waals surface area contributed by atoms with Crippen LogP contribution in [0.15, 0.2) is 47.2 Å². The Morgan fingerprint density at radius 3 is 2.90 bits per heavy atom. The van der Waals surface area contributed by atoms with Crippen LogP contribution in [0.4, 0.5) is 0 Å². The summed E-state index contributed by atoms with van der Waals surface area (Å²) < 4.78 is 2.86. The second kappa shape index (κ2) is 6.41. The highest BCUT2D eigenvalue weighted by atomic mass is 79.9. The Hall–Kier alpha value is -1.66. The molecule has 1 aliphatic rings. The number of rotatable bonds is 4. The molecule has 1 amide bonds. The number of halogens is 1. The van der Waals surface area contributed by atoms with Crippen LogP contribution >= 0.6 is 15.9 Å². The van der Waals surface area contributed by atoms with Gasteiger partial charge in [0.1, 0.15) is 6.04 Å². The molecule has 3 rings (SSSR count). The first-order valence-electron chi connectivity index (χ1n) is 6.99. The number of aromatic nitrogens is 2. The number of hydrogen-bond acceptors (Lipinski definition) is 3. The summed E-state index contributed by atoms with van der Waals surface area (Å²) in [6, 6.07) is 9.57. The number of hydrogen-bond donors (Lipinski definition) is 1. The summed E-state index contributed by atoms with van der Waals surface area (Å²) in [4.78, 5) is 14.5. The summed E-state index contributed by atoms with van der Waals surface area (Å²) in [6.45, 7) is 3.11. The van der Waals surface area contributed by atoms with Gasteiger partial charge in [-0.25, -0.2) is 0 Å². The van der Waals surface area contributed by atoms with Gasteiger partial charge in [0, 0.05) is 36.5 Å². The van der Waals surface area contributed by atoms with E-state index in [1.807, 2.05) is 41.2 Å². The Morgan fingerprint density at radius 2 is 2.14 bits per heavy atom. The van der Waals surface area contributed by atoms with E-state index in [9.17, 15) is 4.79 Å². The zero-order chi connectivity index (χ0) is 14.7. The van der Waals surface area contributed by atoms with E-state index < -0.39 is 0 Å². The van der Waals surface area contributed by atoms with Gasteiger partial charge >= 0.3 is 0 Å². The molecule has 21 heavy (non-hydrogen) atoms. The summed E-state index contributed by atoms with van der Waals surface area (Å²) in [7, 11) is 0. The minimum absolute atomic E-state index is 0.0635. The van der Waals surface area contributed by atoms with E-state index in [-0.39, 0.29) is 11.9 Å². The Labute approximate surface area is 132 Å². The lowest BCUT2D eigenvalue weighted by molar-refractivity contribution is -0.129. The van der Waals surface area contributed by atoms with Gasteiger partial charge in [-0.1, -0.05) is 34.1 Å². The second-order valence-electron chi connectivity index (χ2n) is 5.02. The smallest absolute Gasteiger partial charge is 0.242 e. The molecule has 5 nitrogen and oxygen atoms in total. The monoisotopic (exact) mass is 348 g/mol. The first kappa shape index (κ1) is 14.3. The molecule has 1 aromatic heterocycles. The van der Waals surface area contributed by atoms with E-state index in [1.54, 1.807) is 6.20 Å². The number of benzene rings is 1. The van der Waals surface area contributed by atoms with Crippen molar-refractivity contribution in [3.8, 4) is 0 Å². The van der Waals surface area contributed by atoms with Crippen molar-refractivity contribution in [1.82, 2.24) is 20.0 Å². The molecule has 0 bridgehead atoms. The van der Waals surface area contributed by atoms with Gasteiger partial charge in [-0.15, -0.1) is 0 Å². The van der Waals surface area contributed by atoms with Crippen LogP contribution in [0.3, 0.4) is 0 Å². The lowest BCUT2D eigenvalue weighted by Gasteiger charge is -2.35. The molecular weight excluding hydrogens is 332 g/mol. The summed E-state index contributed by atoms with van der Waals surface area (Å²) >= 11 is 3.55. The summed E-state index contributed by atoms with van der Waals surface area (Å²) in [6.07, 6.45) is 3.71. The third-order valence-corrected chi connectivity index (χ3v) is 4.41. The molecule has 1 N–H and O–H groups in total. The van der Waals surface area contributed by atoms with Gasteiger partial charge in [0.05, 0.1) is 6.54 Å². The summed E-state index contributed by atoms with van der Waals surface area (Å²) in [5, 5.41) is 7.17. The van der Waals surface area contributed by atoms with Gasteiger partial charge in [0.15, 0.2) is 0 Å². The summed E-state index contributed by atoms with van der Waals surface area (Å²) in [5.41, 5.74) is 1.01. The van der Waals surface area contributed by atoms with Crippen LogP contribution in [0.5, 0.6) is 0 Å². The van der Waals surface area contributed by atoms with Crippen LogP contribution < -0.4 is 5.32 Å². The van der Waals surface area contributed by atoms with E-state index >= 15 is 0 Å². The zero-order valence-corrected chi connectivity index (χ0v) is 13.2. The number of carbonyl (C=O) groups is 1. The van der Waals surface area contributed by atoms with E-state index in [4.69, 9.17) is 0 Å². The molecule has 1 saturated heterocycles. The first-order chi connectivity index (χ1) is 10.3. The lowest BCUT2D eigenvalue weighted by Crippen LogP contribution is -2.50. The van der Waals surface area contributed by atoms with Gasteiger partial charge < -0.3 is 5.32 Å². The van der Waals surface area contributed by atoms with Crippen LogP contribution in [0.2, 0.25) is 0 Å². The normalized spacial score (nSPS) is 19.5. The number of amides is 1. The predicted octanol–water partition coefficient (Wildman–Crippen LogP) is 1.82. The SMILES string of the molecule is O=C1NCCN(CCn2cccn2)[C@@H]1c1ccccc1Br. The highest BCUT2D eigenvalue weighted by Gasteiger charge is 2.31. The minimum Gasteiger partial charge on any atom is -0.353 e. The lowest BCUT2D eigenvalue weighted by atomic mass is 10.0. The molecule has 6 heteroatoms. The fourth-order valence-corrected chi connectivity index (χ4v) is 3.16. The van der Waals surface area contributed by atoms with E-state index in [0.717, 1.165) is 29.7 Å². The number of nitrogens with zero attached hydrogens (tertiary/aromatic N) is 3. The molecular formula is C15H17BrN4O. The molecule has 2 aromatic rings. The van der Waals surface area contributed by atoms with Crippen molar-refractivity contribution in [2.75, 3.05) is 19.6 Å². The molecule has 1 fully saturated rings. The van der Waals surface area contributed by atoms with Crippen molar-refractivity contribution in [2.45, 2.75) is 12.6 Å². The van der Waals surface area contributed by atoms with E-state index in [2.05, 4.69) is 31.2 Å². The molecule has 0 aliphatic carbocycles. The average molecular weight is 349 g/mol. The average Bonchev–Trinajstić information content (AvgIpc) is 3.00. The maximum Gasteiger partial charge on any atom is 0.242 e. The van der Waals surface area contributed by atoms with Crippen LogP contribution in [0, 0.1) is 0 Å². The second-order valence-corrected chi connectivity index (χ2v) is 5.87. The van der Waals surface area contributed by atoms with Crippen molar-refractivity contribution < 1.29 is 4.79 Å². The number of piperazine rings is 1. The Bertz CT molecular complexity index is 614. The van der Waals surface area contributed by atoms with Gasteiger partial charge in [-0.2, -0.15) is 5.10 Å². The van der Waals surface area contributed by atoms with Crippen LogP contribution in [-0.2, 0) is 11.3 Å². The topological polar surface area (TPSA) is 50.2 Å². The van der Waals surface area contributed by atoms with Crippen LogP contribution in [0.1, 0.15) is 11.6 Å². The third kappa shape index (κ3) is 3.16. The molecule has 2 heterocycles. The zero-order valence-electron chi connectivity index (χ0n) is 11.6. The van der Waals surface area contributed by atoms with Gasteiger partial charge in [0.25, 0.3) is 0 Å². The first-order valence-corrected chi connectivity index (χ1v) is 7.78. The predicted molar refractivity (Wildman–Crippen MR) is 83.7 cm³/mol. The Balaban J connectivity index is 1.80.